The monoisotopic (exact) mass is 253 g/mol. The van der Waals surface area contributed by atoms with Gasteiger partial charge in [-0.15, -0.1) is 0 Å². The first-order chi connectivity index (χ1) is 8.59. The number of hydrogen-bond acceptors (Lipinski definition) is 3. The summed E-state index contributed by atoms with van der Waals surface area (Å²) in [6.45, 7) is 11.5. The average Bonchev–Trinajstić information content (AvgIpc) is 2.53. The van der Waals surface area contributed by atoms with Gasteiger partial charge < -0.3 is 15.1 Å². The highest BCUT2D eigenvalue weighted by molar-refractivity contribution is 5.79. The summed E-state index contributed by atoms with van der Waals surface area (Å²) in [5, 5.41) is 3.35. The van der Waals surface area contributed by atoms with E-state index in [0.29, 0.717) is 18.0 Å². The van der Waals surface area contributed by atoms with Crippen LogP contribution < -0.4 is 5.32 Å². The van der Waals surface area contributed by atoms with E-state index in [1.54, 1.807) is 0 Å². The van der Waals surface area contributed by atoms with Gasteiger partial charge in [-0.2, -0.15) is 0 Å². The van der Waals surface area contributed by atoms with Crippen LogP contribution in [0, 0.1) is 5.92 Å². The second kappa shape index (κ2) is 6.02. The number of nitrogens with one attached hydrogen (secondary N) is 1. The Morgan fingerprint density at radius 3 is 2.50 bits per heavy atom. The molecule has 4 nitrogen and oxygen atoms in total. The molecular weight excluding hydrogens is 226 g/mol. The van der Waals surface area contributed by atoms with Crippen molar-refractivity contribution in [2.24, 2.45) is 5.92 Å². The Labute approximate surface area is 111 Å². The van der Waals surface area contributed by atoms with Crippen LogP contribution in [0.5, 0.6) is 0 Å². The molecule has 0 spiro atoms. The molecule has 4 heteroatoms. The zero-order valence-electron chi connectivity index (χ0n) is 12.0. The van der Waals surface area contributed by atoms with Crippen molar-refractivity contribution >= 4 is 5.91 Å². The molecule has 2 aliphatic heterocycles. The fourth-order valence-corrected chi connectivity index (χ4v) is 3.08. The van der Waals surface area contributed by atoms with Gasteiger partial charge in [0.25, 0.3) is 0 Å². The largest absolute Gasteiger partial charge is 0.338 e. The minimum atomic E-state index is 0.135. The molecule has 2 fully saturated rings. The average molecular weight is 253 g/mol. The van der Waals surface area contributed by atoms with Crippen molar-refractivity contribution in [3.8, 4) is 0 Å². The number of piperidine rings is 1. The van der Waals surface area contributed by atoms with Gasteiger partial charge in [-0.3, -0.25) is 4.79 Å². The molecule has 2 saturated heterocycles. The Morgan fingerprint density at radius 1 is 1.22 bits per heavy atom. The van der Waals surface area contributed by atoms with Crippen molar-refractivity contribution < 1.29 is 4.79 Å². The maximum Gasteiger partial charge on any atom is 0.226 e. The van der Waals surface area contributed by atoms with E-state index < -0.39 is 0 Å². The van der Waals surface area contributed by atoms with Gasteiger partial charge >= 0.3 is 0 Å². The highest BCUT2D eigenvalue weighted by Gasteiger charge is 2.31. The van der Waals surface area contributed by atoms with Gasteiger partial charge in [0.05, 0.1) is 0 Å². The molecule has 0 aromatic rings. The third-order valence-corrected chi connectivity index (χ3v) is 4.35. The fraction of sp³-hybridized carbons (Fsp3) is 0.929. The lowest BCUT2D eigenvalue weighted by Crippen LogP contribution is -2.50. The molecular formula is C14H27N3O. The Hall–Kier alpha value is -0.610. The smallest absolute Gasteiger partial charge is 0.226 e. The van der Waals surface area contributed by atoms with E-state index in [9.17, 15) is 4.79 Å². The summed E-state index contributed by atoms with van der Waals surface area (Å²) in [7, 11) is 0. The van der Waals surface area contributed by atoms with Crippen molar-refractivity contribution in [2.75, 3.05) is 32.7 Å². The number of carbonyl (C=O) groups excluding carboxylic acids is 1. The summed E-state index contributed by atoms with van der Waals surface area (Å²) in [6, 6.07) is 1.10. The molecule has 2 aliphatic rings. The van der Waals surface area contributed by atoms with Crippen LogP contribution in [-0.2, 0) is 4.79 Å². The van der Waals surface area contributed by atoms with Crippen LogP contribution in [0.25, 0.3) is 0 Å². The molecule has 1 amide bonds. The lowest BCUT2D eigenvalue weighted by Gasteiger charge is -2.40. The lowest BCUT2D eigenvalue weighted by atomic mass is 10.0. The number of amides is 1. The van der Waals surface area contributed by atoms with E-state index in [1.807, 2.05) is 6.92 Å². The Morgan fingerprint density at radius 2 is 1.89 bits per heavy atom. The molecule has 0 saturated carbocycles. The van der Waals surface area contributed by atoms with Gasteiger partial charge in [-0.05, 0) is 26.7 Å². The quantitative estimate of drug-likeness (QED) is 0.795. The summed E-state index contributed by atoms with van der Waals surface area (Å²) in [5.41, 5.74) is 0. The van der Waals surface area contributed by atoms with Crippen LogP contribution in [0.4, 0.5) is 0 Å². The van der Waals surface area contributed by atoms with Crippen LogP contribution in [-0.4, -0.2) is 60.5 Å². The highest BCUT2D eigenvalue weighted by Crippen LogP contribution is 2.20. The van der Waals surface area contributed by atoms with Gasteiger partial charge in [0.2, 0.25) is 5.91 Å². The predicted molar refractivity (Wildman–Crippen MR) is 73.5 cm³/mol. The second-order valence-electron chi connectivity index (χ2n) is 6.00. The third-order valence-electron chi connectivity index (χ3n) is 4.35. The third kappa shape index (κ3) is 3.04. The van der Waals surface area contributed by atoms with E-state index >= 15 is 0 Å². The van der Waals surface area contributed by atoms with Crippen LogP contribution in [0.3, 0.4) is 0 Å². The summed E-state index contributed by atoms with van der Waals surface area (Å²) in [4.78, 5) is 17.0. The summed E-state index contributed by atoms with van der Waals surface area (Å²) < 4.78 is 0. The van der Waals surface area contributed by atoms with Gasteiger partial charge in [0.1, 0.15) is 0 Å². The van der Waals surface area contributed by atoms with Gasteiger partial charge in [0.15, 0.2) is 0 Å². The SMILES string of the molecule is CC1CNCCN(C2CCN(C(C)C)CC2)C1=O. The number of rotatable bonds is 2. The summed E-state index contributed by atoms with van der Waals surface area (Å²) in [6.07, 6.45) is 2.27. The minimum absolute atomic E-state index is 0.135. The maximum atomic E-state index is 12.3. The molecule has 1 unspecified atom stereocenters. The molecule has 0 radical (unpaired) electrons. The molecule has 0 aromatic heterocycles. The molecule has 0 bridgehead atoms. The van der Waals surface area contributed by atoms with E-state index in [4.69, 9.17) is 0 Å². The predicted octanol–water partition coefficient (Wildman–Crippen LogP) is 0.927. The van der Waals surface area contributed by atoms with Crippen molar-refractivity contribution in [3.05, 3.63) is 0 Å². The molecule has 1 atom stereocenters. The van der Waals surface area contributed by atoms with Gasteiger partial charge in [-0.1, -0.05) is 6.92 Å². The molecule has 104 valence electrons. The minimum Gasteiger partial charge on any atom is -0.338 e. The lowest BCUT2D eigenvalue weighted by molar-refractivity contribution is -0.137. The number of nitrogens with zero attached hydrogens (tertiary/aromatic N) is 2. The molecule has 0 aliphatic carbocycles. The van der Waals surface area contributed by atoms with Crippen molar-refractivity contribution in [2.45, 2.75) is 45.7 Å². The zero-order chi connectivity index (χ0) is 13.1. The van der Waals surface area contributed by atoms with Crippen LogP contribution >= 0.6 is 0 Å². The van der Waals surface area contributed by atoms with Crippen molar-refractivity contribution in [1.82, 2.24) is 15.1 Å². The zero-order valence-corrected chi connectivity index (χ0v) is 12.0. The molecule has 2 heterocycles. The Kier molecular flexibility index (Phi) is 4.62. The number of hydrogen-bond donors (Lipinski definition) is 1. The first-order valence-electron chi connectivity index (χ1n) is 7.35. The summed E-state index contributed by atoms with van der Waals surface area (Å²) in [5.74, 6) is 0.485. The topological polar surface area (TPSA) is 35.6 Å². The van der Waals surface area contributed by atoms with E-state index in [-0.39, 0.29) is 5.92 Å². The summed E-state index contributed by atoms with van der Waals surface area (Å²) >= 11 is 0. The van der Waals surface area contributed by atoms with E-state index in [1.165, 1.54) is 0 Å². The van der Waals surface area contributed by atoms with Crippen LogP contribution in [0.2, 0.25) is 0 Å². The molecule has 1 N–H and O–H groups in total. The Balaban J connectivity index is 1.93. The van der Waals surface area contributed by atoms with Crippen molar-refractivity contribution in [3.63, 3.8) is 0 Å². The van der Waals surface area contributed by atoms with Crippen LogP contribution in [0.15, 0.2) is 0 Å². The van der Waals surface area contributed by atoms with E-state index in [2.05, 4.69) is 29.0 Å². The van der Waals surface area contributed by atoms with E-state index in [0.717, 1.165) is 45.6 Å². The highest BCUT2D eigenvalue weighted by atomic mass is 16.2. The molecule has 0 aromatic carbocycles. The van der Waals surface area contributed by atoms with Gasteiger partial charge in [0, 0.05) is 50.7 Å². The van der Waals surface area contributed by atoms with Crippen molar-refractivity contribution in [1.29, 1.82) is 0 Å². The standard InChI is InChI=1S/C14H27N3O/c1-11(2)16-7-4-13(5-8-16)17-9-6-15-10-12(3)14(17)18/h11-13,15H,4-10H2,1-3H3. The fourth-order valence-electron chi connectivity index (χ4n) is 3.08. The van der Waals surface area contributed by atoms with Crippen LogP contribution in [0.1, 0.15) is 33.6 Å². The Bertz CT molecular complexity index is 285. The maximum absolute atomic E-state index is 12.3. The number of carbonyl (C=O) groups is 1. The normalized spacial score (nSPS) is 28.8. The molecule has 18 heavy (non-hydrogen) atoms. The number of likely N-dealkylation sites (tertiary alicyclic amines) is 1. The van der Waals surface area contributed by atoms with Gasteiger partial charge in [-0.25, -0.2) is 0 Å². The molecule has 2 rings (SSSR count). The second-order valence-corrected chi connectivity index (χ2v) is 6.00. The first-order valence-corrected chi connectivity index (χ1v) is 7.35. The first kappa shape index (κ1) is 13.8.